The molecule has 13 rings (SSSR count). The molecule has 2 heteroatoms. The van der Waals surface area contributed by atoms with E-state index in [0.29, 0.717) is 0 Å². The number of para-hydroxylation sites is 1. The van der Waals surface area contributed by atoms with Crippen molar-refractivity contribution in [3.63, 3.8) is 0 Å². The predicted molar refractivity (Wildman–Crippen MR) is 283 cm³/mol. The number of hydrogen-bond donors (Lipinski definition) is 0. The molecule has 0 unspecified atom stereocenters. The highest BCUT2D eigenvalue weighted by Crippen LogP contribution is 2.56. The van der Waals surface area contributed by atoms with Crippen molar-refractivity contribution in [3.8, 4) is 55.6 Å². The second-order valence-corrected chi connectivity index (χ2v) is 18.4. The first-order chi connectivity index (χ1) is 33.0. The third-order valence-corrected chi connectivity index (χ3v) is 14.2. The standard InChI is InChI=1S/C65H45NO/c1-65(2)60-27-14-13-24-54(60)58-41-59-56-26-15-25-55(57-40-47-20-9-10-21-51(47)52-22-11-12-23-53(52)57)63(56)67-64(59)61(62(58)65)46-32-38-50(39-33-46)66(48-34-28-44(29-35-48)42-16-5-3-6-17-42)49-36-30-45(31-37-49)43-18-7-4-8-19-43/h3-41H,1-2H3. The molecule has 11 aromatic carbocycles. The molecular formula is C65H45NO. The van der Waals surface area contributed by atoms with Crippen LogP contribution in [0, 0.1) is 0 Å². The van der Waals surface area contributed by atoms with Crippen molar-refractivity contribution in [2.45, 2.75) is 19.3 Å². The molecule has 0 N–H and O–H groups in total. The second kappa shape index (κ2) is 15.3. The molecule has 1 aliphatic rings. The minimum absolute atomic E-state index is 0.266. The Morgan fingerprint density at radius 1 is 0.328 bits per heavy atom. The smallest absolute Gasteiger partial charge is 0.143 e. The van der Waals surface area contributed by atoms with E-state index in [4.69, 9.17) is 4.42 Å². The zero-order valence-corrected chi connectivity index (χ0v) is 37.4. The van der Waals surface area contributed by atoms with Gasteiger partial charge in [0.25, 0.3) is 0 Å². The van der Waals surface area contributed by atoms with Gasteiger partial charge in [-0.25, -0.2) is 0 Å². The summed E-state index contributed by atoms with van der Waals surface area (Å²) in [5, 5.41) is 7.19. The average molecular weight is 856 g/mol. The molecule has 0 aliphatic heterocycles. The fraction of sp³-hybridized carbons (Fsp3) is 0.0462. The van der Waals surface area contributed by atoms with Crippen LogP contribution in [-0.4, -0.2) is 0 Å². The minimum Gasteiger partial charge on any atom is -0.455 e. The molecular weight excluding hydrogens is 811 g/mol. The number of anilines is 3. The van der Waals surface area contributed by atoms with E-state index in [1.807, 2.05) is 0 Å². The van der Waals surface area contributed by atoms with Gasteiger partial charge < -0.3 is 9.32 Å². The zero-order valence-electron chi connectivity index (χ0n) is 37.4. The maximum absolute atomic E-state index is 7.40. The lowest BCUT2D eigenvalue weighted by molar-refractivity contribution is 0.650. The van der Waals surface area contributed by atoms with Crippen LogP contribution in [0.2, 0.25) is 0 Å². The van der Waals surface area contributed by atoms with Crippen molar-refractivity contribution in [3.05, 3.63) is 248 Å². The quantitative estimate of drug-likeness (QED) is 0.149. The summed E-state index contributed by atoms with van der Waals surface area (Å²) in [5.41, 5.74) is 19.4. The van der Waals surface area contributed by atoms with Crippen LogP contribution >= 0.6 is 0 Å². The van der Waals surface area contributed by atoms with Crippen molar-refractivity contribution in [2.75, 3.05) is 4.90 Å². The van der Waals surface area contributed by atoms with Crippen molar-refractivity contribution < 1.29 is 4.42 Å². The van der Waals surface area contributed by atoms with Gasteiger partial charge in [0.15, 0.2) is 0 Å². The van der Waals surface area contributed by atoms with Gasteiger partial charge in [0.1, 0.15) is 11.2 Å². The van der Waals surface area contributed by atoms with E-state index in [1.165, 1.54) is 71.6 Å². The Bertz CT molecular complexity index is 3760. The van der Waals surface area contributed by atoms with Gasteiger partial charge in [-0.2, -0.15) is 0 Å². The Balaban J connectivity index is 1.00. The predicted octanol–water partition coefficient (Wildman–Crippen LogP) is 18.3. The van der Waals surface area contributed by atoms with E-state index in [2.05, 4.69) is 255 Å². The summed E-state index contributed by atoms with van der Waals surface area (Å²) in [5.74, 6) is 0. The van der Waals surface area contributed by atoms with Crippen LogP contribution in [0.5, 0.6) is 0 Å². The lowest BCUT2D eigenvalue weighted by Gasteiger charge is -2.27. The second-order valence-electron chi connectivity index (χ2n) is 18.4. The van der Waals surface area contributed by atoms with E-state index < -0.39 is 0 Å². The molecule has 0 bridgehead atoms. The average Bonchev–Trinajstić information content (AvgIpc) is 3.88. The van der Waals surface area contributed by atoms with E-state index in [-0.39, 0.29) is 5.41 Å². The van der Waals surface area contributed by atoms with Crippen LogP contribution < -0.4 is 4.90 Å². The van der Waals surface area contributed by atoms with Crippen LogP contribution in [-0.2, 0) is 5.41 Å². The summed E-state index contributed by atoms with van der Waals surface area (Å²) >= 11 is 0. The van der Waals surface area contributed by atoms with Crippen LogP contribution in [0.1, 0.15) is 25.0 Å². The molecule has 1 heterocycles. The molecule has 12 aromatic rings. The normalized spacial score (nSPS) is 12.7. The van der Waals surface area contributed by atoms with Crippen LogP contribution in [0.15, 0.2) is 241 Å². The number of hydrogen-bond acceptors (Lipinski definition) is 2. The fourth-order valence-corrected chi connectivity index (χ4v) is 11.0. The molecule has 67 heavy (non-hydrogen) atoms. The highest BCUT2D eigenvalue weighted by Gasteiger charge is 2.39. The molecule has 316 valence electrons. The summed E-state index contributed by atoms with van der Waals surface area (Å²) < 4.78 is 7.40. The number of rotatable bonds is 7. The maximum Gasteiger partial charge on any atom is 0.143 e. The molecule has 0 amide bonds. The summed E-state index contributed by atoms with van der Waals surface area (Å²) in [6, 6.07) is 86.0. The van der Waals surface area contributed by atoms with Gasteiger partial charge in [-0.1, -0.05) is 202 Å². The van der Waals surface area contributed by atoms with Crippen molar-refractivity contribution in [2.24, 2.45) is 0 Å². The van der Waals surface area contributed by atoms with Crippen molar-refractivity contribution >= 4 is 60.5 Å². The van der Waals surface area contributed by atoms with Gasteiger partial charge in [0.2, 0.25) is 0 Å². The van der Waals surface area contributed by atoms with E-state index >= 15 is 0 Å². The van der Waals surface area contributed by atoms with Gasteiger partial charge in [0.05, 0.1) is 0 Å². The SMILES string of the molecule is CC1(C)c2ccccc2-c2cc3c(oc4c(-c5cc6ccccc6c6ccccc56)cccc43)c(-c3ccc(N(c4ccc(-c5ccccc5)cc4)c4ccc(-c5ccccc5)cc4)cc3)c21. The molecule has 1 aliphatic carbocycles. The van der Waals surface area contributed by atoms with Gasteiger partial charge >= 0.3 is 0 Å². The summed E-state index contributed by atoms with van der Waals surface area (Å²) in [4.78, 5) is 2.36. The lowest BCUT2D eigenvalue weighted by Crippen LogP contribution is -2.16. The molecule has 1 aromatic heterocycles. The topological polar surface area (TPSA) is 16.4 Å². The third kappa shape index (κ3) is 6.25. The van der Waals surface area contributed by atoms with Crippen LogP contribution in [0.3, 0.4) is 0 Å². The van der Waals surface area contributed by atoms with E-state index in [1.54, 1.807) is 0 Å². The molecule has 0 saturated carbocycles. The zero-order chi connectivity index (χ0) is 44.6. The first-order valence-electron chi connectivity index (χ1n) is 23.2. The van der Waals surface area contributed by atoms with Gasteiger partial charge in [-0.15, -0.1) is 0 Å². The van der Waals surface area contributed by atoms with Crippen molar-refractivity contribution in [1.82, 2.24) is 0 Å². The fourth-order valence-electron chi connectivity index (χ4n) is 11.0. The van der Waals surface area contributed by atoms with Gasteiger partial charge in [-0.3, -0.25) is 0 Å². The molecule has 0 atom stereocenters. The third-order valence-electron chi connectivity index (χ3n) is 14.2. The highest BCUT2D eigenvalue weighted by atomic mass is 16.3. The minimum atomic E-state index is -0.266. The summed E-state index contributed by atoms with van der Waals surface area (Å²) in [6.07, 6.45) is 0. The van der Waals surface area contributed by atoms with Gasteiger partial charge in [0, 0.05) is 44.4 Å². The number of nitrogens with zero attached hydrogens (tertiary/aromatic N) is 1. The van der Waals surface area contributed by atoms with E-state index in [0.717, 1.165) is 55.7 Å². The Hall–Kier alpha value is -8.46. The molecule has 0 spiro atoms. The molecule has 0 saturated heterocycles. The number of furan rings is 1. The molecule has 2 nitrogen and oxygen atoms in total. The Morgan fingerprint density at radius 3 is 1.46 bits per heavy atom. The maximum atomic E-state index is 7.40. The summed E-state index contributed by atoms with van der Waals surface area (Å²) in [7, 11) is 0. The Kier molecular flexibility index (Phi) is 8.91. The largest absolute Gasteiger partial charge is 0.455 e. The molecule has 0 fully saturated rings. The summed E-state index contributed by atoms with van der Waals surface area (Å²) in [6.45, 7) is 4.74. The lowest BCUT2D eigenvalue weighted by atomic mass is 9.78. The van der Waals surface area contributed by atoms with Crippen LogP contribution in [0.25, 0.3) is 99.1 Å². The van der Waals surface area contributed by atoms with Crippen LogP contribution in [0.4, 0.5) is 17.1 Å². The van der Waals surface area contributed by atoms with Gasteiger partial charge in [-0.05, 0) is 126 Å². The first-order valence-corrected chi connectivity index (χ1v) is 23.2. The number of benzene rings is 11. The Labute approximate surface area is 390 Å². The highest BCUT2D eigenvalue weighted by molar-refractivity contribution is 6.20. The van der Waals surface area contributed by atoms with Crippen molar-refractivity contribution in [1.29, 1.82) is 0 Å². The number of fused-ring (bicyclic) bond motifs is 9. The Morgan fingerprint density at radius 2 is 0.821 bits per heavy atom. The monoisotopic (exact) mass is 855 g/mol. The first kappa shape index (κ1) is 39.0. The van der Waals surface area contributed by atoms with E-state index in [9.17, 15) is 0 Å². The molecule has 0 radical (unpaired) electrons.